The second-order valence-electron chi connectivity index (χ2n) is 6.31. The van der Waals surface area contributed by atoms with Crippen LogP contribution in [0.1, 0.15) is 29.3 Å². The van der Waals surface area contributed by atoms with Gasteiger partial charge in [0.1, 0.15) is 5.75 Å². The molecule has 126 valence electrons. The number of nitrogens with one attached hydrogen (secondary N) is 1. The van der Waals surface area contributed by atoms with E-state index < -0.39 is 0 Å². The van der Waals surface area contributed by atoms with Crippen LogP contribution in [-0.2, 0) is 6.42 Å². The molecule has 3 rings (SSSR count). The maximum Gasteiger partial charge on any atom is 0.251 e. The zero-order chi connectivity index (χ0) is 16.1. The van der Waals surface area contributed by atoms with Crippen LogP contribution in [0.4, 0.5) is 0 Å². The number of benzene rings is 1. The summed E-state index contributed by atoms with van der Waals surface area (Å²) in [5.74, 6) is 0.947. The lowest BCUT2D eigenvalue weighted by molar-refractivity contribution is 0.0948. The summed E-state index contributed by atoms with van der Waals surface area (Å²) < 4.78 is 5.47. The molecule has 0 aliphatic carbocycles. The Morgan fingerprint density at radius 1 is 1.22 bits per heavy atom. The van der Waals surface area contributed by atoms with Crippen molar-refractivity contribution in [2.24, 2.45) is 0 Å². The first-order valence-electron chi connectivity index (χ1n) is 8.75. The van der Waals surface area contributed by atoms with Crippen LogP contribution < -0.4 is 10.1 Å². The van der Waals surface area contributed by atoms with E-state index in [2.05, 4.69) is 22.0 Å². The molecule has 2 aliphatic rings. The highest BCUT2D eigenvalue weighted by atomic mass is 16.5. The smallest absolute Gasteiger partial charge is 0.251 e. The summed E-state index contributed by atoms with van der Waals surface area (Å²) >= 11 is 0. The van der Waals surface area contributed by atoms with Crippen molar-refractivity contribution in [2.75, 3.05) is 52.4 Å². The molecule has 0 aromatic heterocycles. The van der Waals surface area contributed by atoms with Crippen LogP contribution in [0.25, 0.3) is 0 Å². The van der Waals surface area contributed by atoms with Crippen LogP contribution >= 0.6 is 0 Å². The SMILES string of the molecule is CCN1CCN(CCCNC(=O)c2ccc3c(c2)CCO3)CC1. The molecule has 2 heterocycles. The summed E-state index contributed by atoms with van der Waals surface area (Å²) in [4.78, 5) is 17.2. The lowest BCUT2D eigenvalue weighted by Crippen LogP contribution is -2.46. The number of carbonyl (C=O) groups excluding carboxylic acids is 1. The van der Waals surface area contributed by atoms with Gasteiger partial charge in [0.05, 0.1) is 6.61 Å². The Balaban J connectivity index is 1.37. The fraction of sp³-hybridized carbons (Fsp3) is 0.611. The van der Waals surface area contributed by atoms with E-state index in [0.29, 0.717) is 0 Å². The number of fused-ring (bicyclic) bond motifs is 1. The van der Waals surface area contributed by atoms with Crippen LogP contribution in [0.2, 0.25) is 0 Å². The van der Waals surface area contributed by atoms with Gasteiger partial charge in [-0.15, -0.1) is 0 Å². The van der Waals surface area contributed by atoms with Crippen LogP contribution in [0.3, 0.4) is 0 Å². The van der Waals surface area contributed by atoms with Gasteiger partial charge in [0, 0.05) is 44.7 Å². The van der Waals surface area contributed by atoms with Gasteiger partial charge in [-0.1, -0.05) is 6.92 Å². The highest BCUT2D eigenvalue weighted by molar-refractivity contribution is 5.94. The van der Waals surface area contributed by atoms with Crippen molar-refractivity contribution in [3.05, 3.63) is 29.3 Å². The van der Waals surface area contributed by atoms with Crippen molar-refractivity contribution in [3.63, 3.8) is 0 Å². The molecule has 0 radical (unpaired) electrons. The average Bonchev–Trinajstić information content (AvgIpc) is 3.06. The third-order valence-corrected chi connectivity index (χ3v) is 4.80. The predicted molar refractivity (Wildman–Crippen MR) is 91.1 cm³/mol. The van der Waals surface area contributed by atoms with Crippen molar-refractivity contribution in [1.29, 1.82) is 0 Å². The van der Waals surface area contributed by atoms with Crippen molar-refractivity contribution in [2.45, 2.75) is 19.8 Å². The minimum absolute atomic E-state index is 0.0236. The molecule has 1 N–H and O–H groups in total. The van der Waals surface area contributed by atoms with Gasteiger partial charge in [-0.2, -0.15) is 0 Å². The Labute approximate surface area is 138 Å². The van der Waals surface area contributed by atoms with Crippen LogP contribution in [-0.4, -0.2) is 68.1 Å². The maximum atomic E-state index is 12.2. The summed E-state index contributed by atoms with van der Waals surface area (Å²) in [6.45, 7) is 10.5. The Morgan fingerprint density at radius 2 is 2.00 bits per heavy atom. The van der Waals surface area contributed by atoms with Crippen molar-refractivity contribution < 1.29 is 9.53 Å². The van der Waals surface area contributed by atoms with E-state index in [1.54, 1.807) is 0 Å². The first-order chi connectivity index (χ1) is 11.3. The van der Waals surface area contributed by atoms with E-state index in [1.165, 1.54) is 13.1 Å². The van der Waals surface area contributed by atoms with Crippen molar-refractivity contribution in [3.8, 4) is 5.75 Å². The highest BCUT2D eigenvalue weighted by Gasteiger charge is 2.16. The zero-order valence-corrected chi connectivity index (χ0v) is 14.0. The molecule has 1 fully saturated rings. The first kappa shape index (κ1) is 16.3. The molecular formula is C18H27N3O2. The monoisotopic (exact) mass is 317 g/mol. The minimum Gasteiger partial charge on any atom is -0.493 e. The summed E-state index contributed by atoms with van der Waals surface area (Å²) in [7, 11) is 0. The molecule has 0 unspecified atom stereocenters. The van der Waals surface area contributed by atoms with Crippen LogP contribution in [0, 0.1) is 0 Å². The largest absolute Gasteiger partial charge is 0.493 e. The van der Waals surface area contributed by atoms with Crippen LogP contribution in [0.5, 0.6) is 5.75 Å². The van der Waals surface area contributed by atoms with Gasteiger partial charge in [-0.05, 0) is 43.3 Å². The van der Waals surface area contributed by atoms with E-state index in [1.807, 2.05) is 18.2 Å². The van der Waals surface area contributed by atoms with E-state index in [9.17, 15) is 4.79 Å². The summed E-state index contributed by atoms with van der Waals surface area (Å²) in [5.41, 5.74) is 1.89. The summed E-state index contributed by atoms with van der Waals surface area (Å²) in [6.07, 6.45) is 1.91. The highest BCUT2D eigenvalue weighted by Crippen LogP contribution is 2.25. The summed E-state index contributed by atoms with van der Waals surface area (Å²) in [5, 5.41) is 3.03. The molecule has 1 aromatic rings. The molecule has 1 aromatic carbocycles. The number of hydrogen-bond donors (Lipinski definition) is 1. The number of ether oxygens (including phenoxy) is 1. The third kappa shape index (κ3) is 4.24. The number of hydrogen-bond acceptors (Lipinski definition) is 4. The van der Waals surface area contributed by atoms with Crippen LogP contribution in [0.15, 0.2) is 18.2 Å². The molecule has 2 aliphatic heterocycles. The predicted octanol–water partition coefficient (Wildman–Crippen LogP) is 1.38. The second kappa shape index (κ2) is 7.79. The second-order valence-corrected chi connectivity index (χ2v) is 6.31. The molecule has 5 nitrogen and oxygen atoms in total. The summed E-state index contributed by atoms with van der Waals surface area (Å²) in [6, 6.07) is 5.72. The molecule has 5 heteroatoms. The fourth-order valence-electron chi connectivity index (χ4n) is 3.26. The first-order valence-corrected chi connectivity index (χ1v) is 8.75. The molecule has 0 atom stereocenters. The van der Waals surface area contributed by atoms with E-state index >= 15 is 0 Å². The number of piperazine rings is 1. The van der Waals surface area contributed by atoms with Gasteiger partial charge in [-0.3, -0.25) is 4.79 Å². The van der Waals surface area contributed by atoms with Gasteiger partial charge < -0.3 is 19.9 Å². The normalized spacial score (nSPS) is 18.5. The molecule has 0 saturated carbocycles. The lowest BCUT2D eigenvalue weighted by Gasteiger charge is -2.33. The van der Waals surface area contributed by atoms with E-state index in [0.717, 1.165) is 69.0 Å². The fourth-order valence-corrected chi connectivity index (χ4v) is 3.26. The number of likely N-dealkylation sites (N-methyl/N-ethyl adjacent to an activating group) is 1. The molecule has 23 heavy (non-hydrogen) atoms. The van der Waals surface area contributed by atoms with E-state index in [4.69, 9.17) is 4.74 Å². The third-order valence-electron chi connectivity index (χ3n) is 4.80. The quantitative estimate of drug-likeness (QED) is 0.805. The van der Waals surface area contributed by atoms with Crippen molar-refractivity contribution in [1.82, 2.24) is 15.1 Å². The molecular weight excluding hydrogens is 290 g/mol. The Kier molecular flexibility index (Phi) is 5.51. The lowest BCUT2D eigenvalue weighted by atomic mass is 10.1. The van der Waals surface area contributed by atoms with Crippen molar-refractivity contribution >= 4 is 5.91 Å². The Bertz CT molecular complexity index is 539. The molecule has 1 saturated heterocycles. The van der Waals surface area contributed by atoms with Gasteiger partial charge in [0.15, 0.2) is 0 Å². The van der Waals surface area contributed by atoms with Gasteiger partial charge >= 0.3 is 0 Å². The van der Waals surface area contributed by atoms with Gasteiger partial charge in [-0.25, -0.2) is 0 Å². The number of rotatable bonds is 6. The molecule has 0 bridgehead atoms. The topological polar surface area (TPSA) is 44.8 Å². The molecule has 0 spiro atoms. The minimum atomic E-state index is 0.0236. The standard InChI is InChI=1S/C18H27N3O2/c1-2-20-9-11-21(12-10-20)8-3-7-19-18(22)16-4-5-17-15(14-16)6-13-23-17/h4-5,14H,2-3,6-13H2,1H3,(H,19,22). The molecule has 1 amide bonds. The van der Waals surface area contributed by atoms with Gasteiger partial charge in [0.25, 0.3) is 5.91 Å². The van der Waals surface area contributed by atoms with E-state index in [-0.39, 0.29) is 5.91 Å². The van der Waals surface area contributed by atoms with Gasteiger partial charge in [0.2, 0.25) is 0 Å². The Hall–Kier alpha value is -1.59. The number of carbonyl (C=O) groups is 1. The Morgan fingerprint density at radius 3 is 2.78 bits per heavy atom. The average molecular weight is 317 g/mol. The number of nitrogens with zero attached hydrogens (tertiary/aromatic N) is 2. The number of amides is 1. The maximum absolute atomic E-state index is 12.2. The zero-order valence-electron chi connectivity index (χ0n) is 14.0.